The van der Waals surface area contributed by atoms with E-state index in [1.807, 2.05) is 26.0 Å². The highest BCUT2D eigenvalue weighted by atomic mass is 79.9. The van der Waals surface area contributed by atoms with Gasteiger partial charge in [0.2, 0.25) is 5.91 Å². The van der Waals surface area contributed by atoms with Crippen LogP contribution in [0.1, 0.15) is 26.3 Å². The summed E-state index contributed by atoms with van der Waals surface area (Å²) in [4.78, 5) is 26.9. The molecule has 7 heteroatoms. The number of carbonyl (C=O) groups is 2. The van der Waals surface area contributed by atoms with E-state index in [4.69, 9.17) is 4.74 Å². The van der Waals surface area contributed by atoms with Crippen molar-refractivity contribution in [1.82, 2.24) is 10.2 Å². The second-order valence-electron chi connectivity index (χ2n) is 7.21. The van der Waals surface area contributed by atoms with Crippen molar-refractivity contribution in [2.45, 2.75) is 33.4 Å². The quantitative estimate of drug-likeness (QED) is 0.605. The van der Waals surface area contributed by atoms with Gasteiger partial charge in [-0.1, -0.05) is 41.9 Å². The molecule has 0 bridgehead atoms. The molecule has 2 aromatic carbocycles. The average Bonchev–Trinajstić information content (AvgIpc) is 2.70. The highest BCUT2D eigenvalue weighted by Gasteiger charge is 2.26. The van der Waals surface area contributed by atoms with E-state index in [1.165, 1.54) is 17.0 Å². The van der Waals surface area contributed by atoms with E-state index in [-0.39, 0.29) is 30.8 Å². The minimum absolute atomic E-state index is 0.180. The number of rotatable bonds is 9. The van der Waals surface area contributed by atoms with E-state index in [9.17, 15) is 14.0 Å². The normalized spacial score (nSPS) is 11.8. The minimum Gasteiger partial charge on any atom is -0.484 e. The maximum atomic E-state index is 13.2. The Morgan fingerprint density at radius 3 is 2.28 bits per heavy atom. The van der Waals surface area contributed by atoms with Gasteiger partial charge in [0.05, 0.1) is 0 Å². The fraction of sp³-hybridized carbons (Fsp3) is 0.364. The highest BCUT2D eigenvalue weighted by Crippen LogP contribution is 2.17. The van der Waals surface area contributed by atoms with Crippen LogP contribution in [0.3, 0.4) is 0 Å². The maximum absolute atomic E-state index is 13.2. The molecule has 2 rings (SSSR count). The van der Waals surface area contributed by atoms with E-state index < -0.39 is 6.04 Å². The van der Waals surface area contributed by atoms with Gasteiger partial charge in [-0.2, -0.15) is 0 Å². The highest BCUT2D eigenvalue weighted by molar-refractivity contribution is 9.10. The van der Waals surface area contributed by atoms with Crippen molar-refractivity contribution in [2.75, 3.05) is 13.2 Å². The Morgan fingerprint density at radius 2 is 1.69 bits per heavy atom. The zero-order valence-corrected chi connectivity index (χ0v) is 18.4. The first-order valence-electron chi connectivity index (χ1n) is 9.46. The first kappa shape index (κ1) is 22.9. The first-order valence-corrected chi connectivity index (χ1v) is 10.3. The molecular formula is C22H26BrFN2O3. The third-order valence-electron chi connectivity index (χ3n) is 4.29. The van der Waals surface area contributed by atoms with Gasteiger partial charge in [0.1, 0.15) is 17.6 Å². The Balaban J connectivity index is 2.10. The Labute approximate surface area is 179 Å². The van der Waals surface area contributed by atoms with Crippen LogP contribution < -0.4 is 10.1 Å². The zero-order chi connectivity index (χ0) is 21.4. The zero-order valence-electron chi connectivity index (χ0n) is 16.8. The SMILES string of the molecule is CC(C)CNC(=O)C(C)N(Cc1ccc(F)cc1)C(=O)COc1ccc(Br)cc1. The van der Waals surface area contributed by atoms with Crippen LogP contribution in [0.4, 0.5) is 4.39 Å². The van der Waals surface area contributed by atoms with Gasteiger partial charge in [0.15, 0.2) is 6.61 Å². The average molecular weight is 465 g/mol. The Hall–Kier alpha value is -2.41. The van der Waals surface area contributed by atoms with E-state index >= 15 is 0 Å². The number of carbonyl (C=O) groups excluding carboxylic acids is 2. The second kappa shape index (κ2) is 11.0. The van der Waals surface area contributed by atoms with Crippen LogP contribution in [-0.4, -0.2) is 35.9 Å². The number of ether oxygens (including phenoxy) is 1. The molecule has 2 aromatic rings. The Morgan fingerprint density at radius 1 is 1.07 bits per heavy atom. The van der Waals surface area contributed by atoms with Crippen LogP contribution in [-0.2, 0) is 16.1 Å². The van der Waals surface area contributed by atoms with Gasteiger partial charge in [-0.25, -0.2) is 4.39 Å². The van der Waals surface area contributed by atoms with Crippen molar-refractivity contribution >= 4 is 27.7 Å². The molecular weight excluding hydrogens is 439 g/mol. The standard InChI is InChI=1S/C22H26BrFN2O3/c1-15(2)12-25-22(28)16(3)26(13-17-4-8-19(24)9-5-17)21(27)14-29-20-10-6-18(23)7-11-20/h4-11,15-16H,12-14H2,1-3H3,(H,25,28). The second-order valence-corrected chi connectivity index (χ2v) is 8.12. The van der Waals surface area contributed by atoms with Gasteiger partial charge in [-0.15, -0.1) is 0 Å². The lowest BCUT2D eigenvalue weighted by atomic mass is 10.1. The fourth-order valence-electron chi connectivity index (χ4n) is 2.58. The summed E-state index contributed by atoms with van der Waals surface area (Å²) in [7, 11) is 0. The summed E-state index contributed by atoms with van der Waals surface area (Å²) in [6.45, 7) is 6.18. The van der Waals surface area contributed by atoms with Crippen LogP contribution in [0.2, 0.25) is 0 Å². The molecule has 0 saturated heterocycles. The monoisotopic (exact) mass is 464 g/mol. The molecule has 156 valence electrons. The molecule has 0 spiro atoms. The number of hydrogen-bond donors (Lipinski definition) is 1. The van der Waals surface area contributed by atoms with Gasteiger partial charge in [0, 0.05) is 17.6 Å². The number of nitrogens with one attached hydrogen (secondary N) is 1. The van der Waals surface area contributed by atoms with Crippen LogP contribution >= 0.6 is 15.9 Å². The Bertz CT molecular complexity index is 810. The molecule has 0 aliphatic heterocycles. The lowest BCUT2D eigenvalue weighted by Crippen LogP contribution is -2.49. The van der Waals surface area contributed by atoms with Crippen molar-refractivity contribution < 1.29 is 18.7 Å². The van der Waals surface area contributed by atoms with Crippen molar-refractivity contribution in [3.8, 4) is 5.75 Å². The van der Waals surface area contributed by atoms with E-state index in [0.717, 1.165) is 10.0 Å². The fourth-order valence-corrected chi connectivity index (χ4v) is 2.84. The van der Waals surface area contributed by atoms with Gasteiger partial charge in [-0.05, 0) is 54.8 Å². The molecule has 0 aromatic heterocycles. The van der Waals surface area contributed by atoms with Crippen molar-refractivity contribution in [2.24, 2.45) is 5.92 Å². The molecule has 0 heterocycles. The number of nitrogens with zero attached hydrogens (tertiary/aromatic N) is 1. The van der Waals surface area contributed by atoms with Crippen molar-refractivity contribution in [3.05, 3.63) is 64.4 Å². The Kier molecular flexibility index (Phi) is 8.64. The molecule has 29 heavy (non-hydrogen) atoms. The molecule has 0 aliphatic carbocycles. The molecule has 1 N–H and O–H groups in total. The summed E-state index contributed by atoms with van der Waals surface area (Å²) in [6.07, 6.45) is 0. The molecule has 0 aliphatic rings. The molecule has 0 saturated carbocycles. The number of halogens is 2. The van der Waals surface area contributed by atoms with Crippen LogP contribution in [0.25, 0.3) is 0 Å². The summed E-state index contributed by atoms with van der Waals surface area (Å²) < 4.78 is 19.7. The van der Waals surface area contributed by atoms with Gasteiger partial charge >= 0.3 is 0 Å². The summed E-state index contributed by atoms with van der Waals surface area (Å²) in [5, 5.41) is 2.85. The smallest absolute Gasteiger partial charge is 0.261 e. The summed E-state index contributed by atoms with van der Waals surface area (Å²) in [6, 6.07) is 12.3. The van der Waals surface area contributed by atoms with Crippen LogP contribution in [0.15, 0.2) is 53.0 Å². The van der Waals surface area contributed by atoms with E-state index in [1.54, 1.807) is 31.2 Å². The number of benzene rings is 2. The van der Waals surface area contributed by atoms with Crippen molar-refractivity contribution in [1.29, 1.82) is 0 Å². The first-order chi connectivity index (χ1) is 13.8. The topological polar surface area (TPSA) is 58.6 Å². The predicted molar refractivity (Wildman–Crippen MR) is 114 cm³/mol. The third kappa shape index (κ3) is 7.49. The molecule has 5 nitrogen and oxygen atoms in total. The maximum Gasteiger partial charge on any atom is 0.261 e. The third-order valence-corrected chi connectivity index (χ3v) is 4.82. The lowest BCUT2D eigenvalue weighted by molar-refractivity contribution is -0.142. The molecule has 0 radical (unpaired) electrons. The van der Waals surface area contributed by atoms with E-state index in [2.05, 4.69) is 21.2 Å². The lowest BCUT2D eigenvalue weighted by Gasteiger charge is -2.29. The van der Waals surface area contributed by atoms with Crippen molar-refractivity contribution in [3.63, 3.8) is 0 Å². The summed E-state index contributed by atoms with van der Waals surface area (Å²) >= 11 is 3.35. The van der Waals surface area contributed by atoms with Crippen LogP contribution in [0.5, 0.6) is 5.75 Å². The van der Waals surface area contributed by atoms with Crippen LogP contribution in [0, 0.1) is 11.7 Å². The largest absolute Gasteiger partial charge is 0.484 e. The molecule has 1 atom stereocenters. The predicted octanol–water partition coefficient (Wildman–Crippen LogP) is 4.16. The van der Waals surface area contributed by atoms with Gasteiger partial charge in [-0.3, -0.25) is 9.59 Å². The van der Waals surface area contributed by atoms with Gasteiger partial charge < -0.3 is 15.0 Å². The molecule has 1 unspecified atom stereocenters. The minimum atomic E-state index is -0.695. The van der Waals surface area contributed by atoms with Gasteiger partial charge in [0.25, 0.3) is 5.91 Å². The summed E-state index contributed by atoms with van der Waals surface area (Å²) in [5.41, 5.74) is 0.729. The molecule has 2 amide bonds. The molecule has 0 fully saturated rings. The summed E-state index contributed by atoms with van der Waals surface area (Å²) in [5.74, 6) is -0.0662. The van der Waals surface area contributed by atoms with E-state index in [0.29, 0.717) is 18.2 Å². The number of amides is 2. The number of hydrogen-bond acceptors (Lipinski definition) is 3.